The normalized spacial score (nSPS) is 12.1. The Morgan fingerprint density at radius 2 is 1.91 bits per heavy atom. The Hall–Kier alpha value is -1.75. The van der Waals surface area contributed by atoms with Crippen molar-refractivity contribution in [1.82, 2.24) is 10.2 Å². The van der Waals surface area contributed by atoms with Gasteiger partial charge in [0.1, 0.15) is 0 Å². The van der Waals surface area contributed by atoms with Gasteiger partial charge in [-0.15, -0.1) is 0 Å². The van der Waals surface area contributed by atoms with Crippen LogP contribution in [0, 0.1) is 5.92 Å². The summed E-state index contributed by atoms with van der Waals surface area (Å²) in [7, 11) is 7.28. The fourth-order valence-corrected chi connectivity index (χ4v) is 2.23. The van der Waals surface area contributed by atoms with Crippen LogP contribution in [0.4, 0.5) is 0 Å². The summed E-state index contributed by atoms with van der Waals surface area (Å²) in [5.41, 5.74) is 1.06. The Balaban J connectivity index is 2.50. The van der Waals surface area contributed by atoms with E-state index < -0.39 is 0 Å². The largest absolute Gasteiger partial charge is 0.493 e. The highest BCUT2D eigenvalue weighted by molar-refractivity contribution is 5.78. The molecule has 5 nitrogen and oxygen atoms in total. The molecule has 1 amide bonds. The van der Waals surface area contributed by atoms with Gasteiger partial charge in [-0.05, 0) is 51.2 Å². The van der Waals surface area contributed by atoms with Crippen molar-refractivity contribution in [3.8, 4) is 11.5 Å². The summed E-state index contributed by atoms with van der Waals surface area (Å²) in [4.78, 5) is 14.2. The predicted molar refractivity (Wildman–Crippen MR) is 88.6 cm³/mol. The van der Waals surface area contributed by atoms with Gasteiger partial charge in [-0.3, -0.25) is 4.79 Å². The third-order valence-electron chi connectivity index (χ3n) is 3.52. The third kappa shape index (κ3) is 5.93. The summed E-state index contributed by atoms with van der Waals surface area (Å²) in [6.45, 7) is 3.63. The minimum Gasteiger partial charge on any atom is -0.493 e. The molecule has 0 radical (unpaired) electrons. The first kappa shape index (κ1) is 18.3. The van der Waals surface area contributed by atoms with E-state index in [0.717, 1.165) is 18.5 Å². The maximum atomic E-state index is 12.1. The van der Waals surface area contributed by atoms with Gasteiger partial charge in [-0.1, -0.05) is 13.0 Å². The van der Waals surface area contributed by atoms with Gasteiger partial charge in [0.15, 0.2) is 11.5 Å². The Labute approximate surface area is 133 Å². The van der Waals surface area contributed by atoms with Crippen LogP contribution in [0.25, 0.3) is 0 Å². The maximum Gasteiger partial charge on any atom is 0.223 e. The van der Waals surface area contributed by atoms with Crippen LogP contribution in [0.3, 0.4) is 0 Å². The van der Waals surface area contributed by atoms with Crippen LogP contribution in [0.1, 0.15) is 18.9 Å². The number of benzene rings is 1. The summed E-state index contributed by atoms with van der Waals surface area (Å²) in [6, 6.07) is 5.77. The first-order valence-electron chi connectivity index (χ1n) is 7.61. The number of nitrogens with zero attached hydrogens (tertiary/aromatic N) is 1. The number of nitrogens with one attached hydrogen (secondary N) is 1. The van der Waals surface area contributed by atoms with Gasteiger partial charge in [-0.2, -0.15) is 0 Å². The maximum absolute atomic E-state index is 12.1. The van der Waals surface area contributed by atoms with Crippen molar-refractivity contribution < 1.29 is 14.3 Å². The van der Waals surface area contributed by atoms with Crippen molar-refractivity contribution >= 4 is 5.91 Å². The molecule has 0 bridgehead atoms. The number of ether oxygens (including phenoxy) is 2. The molecule has 0 aliphatic carbocycles. The second kappa shape index (κ2) is 9.30. The molecule has 124 valence electrons. The fraction of sp³-hybridized carbons (Fsp3) is 0.588. The quantitative estimate of drug-likeness (QED) is 0.709. The lowest BCUT2D eigenvalue weighted by atomic mass is 10.00. The number of hydrogen-bond donors (Lipinski definition) is 1. The van der Waals surface area contributed by atoms with Crippen LogP contribution in [-0.2, 0) is 11.2 Å². The highest BCUT2D eigenvalue weighted by Crippen LogP contribution is 2.28. The Morgan fingerprint density at radius 3 is 2.50 bits per heavy atom. The number of methoxy groups -OCH3 is 2. The van der Waals surface area contributed by atoms with Crippen LogP contribution in [0.15, 0.2) is 18.2 Å². The van der Waals surface area contributed by atoms with E-state index in [1.807, 2.05) is 39.2 Å². The SMILES string of the molecule is COc1ccc(CC(C)C(=O)NCCCN(C)C)cc1OC. The van der Waals surface area contributed by atoms with E-state index in [2.05, 4.69) is 10.2 Å². The van der Waals surface area contributed by atoms with Crippen molar-refractivity contribution in [2.75, 3.05) is 41.4 Å². The first-order chi connectivity index (χ1) is 10.5. The number of carbonyl (C=O) groups is 1. The van der Waals surface area contributed by atoms with Crippen LogP contribution >= 0.6 is 0 Å². The number of hydrogen-bond acceptors (Lipinski definition) is 4. The third-order valence-corrected chi connectivity index (χ3v) is 3.52. The zero-order valence-corrected chi connectivity index (χ0v) is 14.3. The van der Waals surface area contributed by atoms with Crippen LogP contribution in [-0.4, -0.2) is 52.2 Å². The van der Waals surface area contributed by atoms with E-state index in [1.54, 1.807) is 14.2 Å². The molecule has 0 spiro atoms. The number of rotatable bonds is 9. The average molecular weight is 308 g/mol. The molecule has 0 saturated carbocycles. The molecule has 1 unspecified atom stereocenters. The number of carbonyl (C=O) groups excluding carboxylic acids is 1. The van der Waals surface area contributed by atoms with Crippen LogP contribution in [0.2, 0.25) is 0 Å². The van der Waals surface area contributed by atoms with Gasteiger partial charge in [0, 0.05) is 12.5 Å². The minimum absolute atomic E-state index is 0.0718. The Morgan fingerprint density at radius 1 is 1.23 bits per heavy atom. The molecule has 22 heavy (non-hydrogen) atoms. The molecule has 1 aromatic carbocycles. The van der Waals surface area contributed by atoms with Crippen molar-refractivity contribution in [2.24, 2.45) is 5.92 Å². The smallest absolute Gasteiger partial charge is 0.223 e. The summed E-state index contributed by atoms with van der Waals surface area (Å²) < 4.78 is 10.5. The molecular formula is C17H28N2O3. The highest BCUT2D eigenvalue weighted by atomic mass is 16.5. The van der Waals surface area contributed by atoms with E-state index >= 15 is 0 Å². The molecule has 0 saturated heterocycles. The van der Waals surface area contributed by atoms with Gasteiger partial charge in [-0.25, -0.2) is 0 Å². The molecule has 0 aromatic heterocycles. The second-order valence-electron chi connectivity index (χ2n) is 5.74. The predicted octanol–water partition coefficient (Wildman–Crippen LogP) is 1.95. The molecule has 1 atom stereocenters. The van der Waals surface area contributed by atoms with Gasteiger partial charge >= 0.3 is 0 Å². The van der Waals surface area contributed by atoms with E-state index in [-0.39, 0.29) is 11.8 Å². The topological polar surface area (TPSA) is 50.8 Å². The lowest BCUT2D eigenvalue weighted by molar-refractivity contribution is -0.124. The molecule has 0 aliphatic heterocycles. The van der Waals surface area contributed by atoms with Crippen LogP contribution < -0.4 is 14.8 Å². The van der Waals surface area contributed by atoms with Gasteiger partial charge in [0.25, 0.3) is 0 Å². The summed E-state index contributed by atoms with van der Waals surface area (Å²) in [5, 5.41) is 2.99. The molecule has 0 heterocycles. The number of amides is 1. The first-order valence-corrected chi connectivity index (χ1v) is 7.61. The van der Waals surface area contributed by atoms with Gasteiger partial charge < -0.3 is 19.7 Å². The lowest BCUT2D eigenvalue weighted by Crippen LogP contribution is -2.32. The molecule has 5 heteroatoms. The fourth-order valence-electron chi connectivity index (χ4n) is 2.23. The van der Waals surface area contributed by atoms with E-state index in [9.17, 15) is 4.79 Å². The lowest BCUT2D eigenvalue weighted by Gasteiger charge is -2.15. The Bertz CT molecular complexity index is 475. The van der Waals surface area contributed by atoms with Crippen LogP contribution in [0.5, 0.6) is 11.5 Å². The van der Waals surface area contributed by atoms with Crippen molar-refractivity contribution in [2.45, 2.75) is 19.8 Å². The van der Waals surface area contributed by atoms with Crippen molar-refractivity contribution in [3.63, 3.8) is 0 Å². The standard InChI is InChI=1S/C17H28N2O3/c1-13(17(20)18-9-6-10-19(2)3)11-14-7-8-15(21-4)16(12-14)22-5/h7-8,12-13H,6,9-11H2,1-5H3,(H,18,20). The minimum atomic E-state index is -0.0718. The average Bonchev–Trinajstić information content (AvgIpc) is 2.50. The summed E-state index contributed by atoms with van der Waals surface area (Å²) >= 11 is 0. The van der Waals surface area contributed by atoms with Gasteiger partial charge in [0.2, 0.25) is 5.91 Å². The Kier molecular flexibility index (Phi) is 7.74. The summed E-state index contributed by atoms with van der Waals surface area (Å²) in [5.74, 6) is 1.41. The highest BCUT2D eigenvalue weighted by Gasteiger charge is 2.14. The summed E-state index contributed by atoms with van der Waals surface area (Å²) in [6.07, 6.45) is 1.64. The van der Waals surface area contributed by atoms with Crippen molar-refractivity contribution in [1.29, 1.82) is 0 Å². The molecular weight excluding hydrogens is 280 g/mol. The molecule has 0 aliphatic rings. The van der Waals surface area contributed by atoms with E-state index in [4.69, 9.17) is 9.47 Å². The molecule has 0 fully saturated rings. The monoisotopic (exact) mass is 308 g/mol. The molecule has 1 N–H and O–H groups in total. The molecule has 1 aromatic rings. The van der Waals surface area contributed by atoms with E-state index in [0.29, 0.717) is 24.5 Å². The zero-order valence-electron chi connectivity index (χ0n) is 14.3. The zero-order chi connectivity index (χ0) is 16.5. The molecule has 1 rings (SSSR count). The second-order valence-corrected chi connectivity index (χ2v) is 5.74. The van der Waals surface area contributed by atoms with Crippen molar-refractivity contribution in [3.05, 3.63) is 23.8 Å². The van der Waals surface area contributed by atoms with E-state index in [1.165, 1.54) is 0 Å². The van der Waals surface area contributed by atoms with Gasteiger partial charge in [0.05, 0.1) is 14.2 Å².